The van der Waals surface area contributed by atoms with Crippen LogP contribution in [0.3, 0.4) is 0 Å². The zero-order valence-corrected chi connectivity index (χ0v) is 10.4. The molecule has 0 spiro atoms. The summed E-state index contributed by atoms with van der Waals surface area (Å²) in [6.07, 6.45) is 9.05. The highest BCUT2D eigenvalue weighted by molar-refractivity contribution is 5.83. The third kappa shape index (κ3) is 3.81. The molecule has 0 N–H and O–H groups in total. The van der Waals surface area contributed by atoms with Crippen molar-refractivity contribution in [3.05, 3.63) is 11.6 Å². The van der Waals surface area contributed by atoms with E-state index in [1.54, 1.807) is 0 Å². The molecule has 1 saturated carbocycles. The van der Waals surface area contributed by atoms with Gasteiger partial charge in [-0.3, -0.25) is 4.79 Å². The molecule has 0 saturated heterocycles. The van der Waals surface area contributed by atoms with Crippen LogP contribution in [0, 0.1) is 11.8 Å². The number of rotatable bonds is 5. The van der Waals surface area contributed by atoms with E-state index in [0.29, 0.717) is 17.6 Å². The number of allylic oxidation sites excluding steroid dienone is 2. The average Bonchev–Trinajstić information content (AvgIpc) is 2.49. The molecule has 15 heavy (non-hydrogen) atoms. The largest absolute Gasteiger partial charge is 0.299 e. The maximum atomic E-state index is 11.7. The molecule has 0 heterocycles. The number of hydrogen-bond donors (Lipinski definition) is 0. The molecule has 1 heteroatoms. The van der Waals surface area contributed by atoms with Crippen LogP contribution in [0.1, 0.15) is 59.3 Å². The summed E-state index contributed by atoms with van der Waals surface area (Å²) in [6.45, 7) is 6.47. The molecule has 0 amide bonds. The van der Waals surface area contributed by atoms with Crippen LogP contribution >= 0.6 is 0 Å². The van der Waals surface area contributed by atoms with E-state index in [2.05, 4.69) is 26.8 Å². The van der Waals surface area contributed by atoms with Gasteiger partial charge >= 0.3 is 0 Å². The first-order chi connectivity index (χ1) is 7.15. The molecule has 86 valence electrons. The summed E-state index contributed by atoms with van der Waals surface area (Å²) in [5.74, 6) is 1.39. The van der Waals surface area contributed by atoms with Gasteiger partial charge in [-0.1, -0.05) is 37.8 Å². The van der Waals surface area contributed by atoms with Crippen molar-refractivity contribution in [1.29, 1.82) is 0 Å². The van der Waals surface area contributed by atoms with Gasteiger partial charge in [0.05, 0.1) is 0 Å². The van der Waals surface area contributed by atoms with E-state index < -0.39 is 0 Å². The van der Waals surface area contributed by atoms with E-state index in [4.69, 9.17) is 0 Å². The molecule has 0 radical (unpaired) electrons. The standard InChI is InChI=1S/C14H24O/c1-4-5-6-7-13-12(10-11(2)3)8-9-14(13)15/h10,12-13H,4-9H2,1-3H3. The summed E-state index contributed by atoms with van der Waals surface area (Å²) >= 11 is 0. The van der Waals surface area contributed by atoms with E-state index in [9.17, 15) is 4.79 Å². The van der Waals surface area contributed by atoms with Crippen molar-refractivity contribution < 1.29 is 4.79 Å². The minimum absolute atomic E-state index is 0.339. The minimum Gasteiger partial charge on any atom is -0.299 e. The molecular formula is C14H24O. The summed E-state index contributed by atoms with van der Waals surface area (Å²) in [5, 5.41) is 0. The average molecular weight is 208 g/mol. The fraction of sp³-hybridized carbons (Fsp3) is 0.786. The quantitative estimate of drug-likeness (QED) is 0.490. The zero-order chi connectivity index (χ0) is 11.3. The summed E-state index contributed by atoms with van der Waals surface area (Å²) in [7, 11) is 0. The molecule has 0 bridgehead atoms. The maximum Gasteiger partial charge on any atom is 0.136 e. The Labute approximate surface area is 93.9 Å². The van der Waals surface area contributed by atoms with E-state index in [1.807, 2.05) is 0 Å². The highest BCUT2D eigenvalue weighted by Gasteiger charge is 2.32. The lowest BCUT2D eigenvalue weighted by Crippen LogP contribution is -2.13. The summed E-state index contributed by atoms with van der Waals surface area (Å²) < 4.78 is 0. The Bertz CT molecular complexity index is 236. The molecule has 1 nitrogen and oxygen atoms in total. The van der Waals surface area contributed by atoms with E-state index in [1.165, 1.54) is 24.8 Å². The third-order valence-electron chi connectivity index (χ3n) is 3.32. The van der Waals surface area contributed by atoms with Crippen molar-refractivity contribution in [3.8, 4) is 0 Å². The van der Waals surface area contributed by atoms with Crippen molar-refractivity contribution in [1.82, 2.24) is 0 Å². The summed E-state index contributed by atoms with van der Waals surface area (Å²) in [6, 6.07) is 0. The first kappa shape index (κ1) is 12.5. The SMILES string of the molecule is CCCCCC1C(=O)CCC1C=C(C)C. The first-order valence-corrected chi connectivity index (χ1v) is 6.33. The Morgan fingerprint density at radius 1 is 1.40 bits per heavy atom. The van der Waals surface area contributed by atoms with Crippen molar-refractivity contribution in [2.75, 3.05) is 0 Å². The molecule has 0 aliphatic heterocycles. The fourth-order valence-corrected chi connectivity index (χ4v) is 2.55. The molecule has 2 unspecified atom stereocenters. The lowest BCUT2D eigenvalue weighted by Gasteiger charge is -2.15. The highest BCUT2D eigenvalue weighted by Crippen LogP contribution is 2.34. The number of Topliss-reactive ketones (excluding diaryl/α,β-unsaturated/α-hetero) is 1. The minimum atomic E-state index is 0.339. The second kappa shape index (κ2) is 6.09. The second-order valence-corrected chi connectivity index (χ2v) is 5.02. The van der Waals surface area contributed by atoms with Crippen LogP contribution in [0.2, 0.25) is 0 Å². The Morgan fingerprint density at radius 2 is 2.13 bits per heavy atom. The number of hydrogen-bond acceptors (Lipinski definition) is 1. The van der Waals surface area contributed by atoms with Crippen LogP contribution < -0.4 is 0 Å². The van der Waals surface area contributed by atoms with Crippen molar-refractivity contribution in [2.45, 2.75) is 59.3 Å². The topological polar surface area (TPSA) is 17.1 Å². The molecule has 0 aromatic rings. The van der Waals surface area contributed by atoms with Gasteiger partial charge in [-0.25, -0.2) is 0 Å². The van der Waals surface area contributed by atoms with Gasteiger partial charge in [0.25, 0.3) is 0 Å². The van der Waals surface area contributed by atoms with Gasteiger partial charge in [0.2, 0.25) is 0 Å². The van der Waals surface area contributed by atoms with Crippen LogP contribution in [0.5, 0.6) is 0 Å². The van der Waals surface area contributed by atoms with Crippen LogP contribution in [-0.4, -0.2) is 5.78 Å². The van der Waals surface area contributed by atoms with Crippen LogP contribution in [0.15, 0.2) is 11.6 Å². The van der Waals surface area contributed by atoms with E-state index in [-0.39, 0.29) is 0 Å². The molecule has 1 rings (SSSR count). The number of carbonyl (C=O) groups is 1. The van der Waals surface area contributed by atoms with Crippen LogP contribution in [0.25, 0.3) is 0 Å². The Kier molecular flexibility index (Phi) is 5.07. The zero-order valence-electron chi connectivity index (χ0n) is 10.4. The molecule has 1 aliphatic rings. The van der Waals surface area contributed by atoms with Gasteiger partial charge in [-0.15, -0.1) is 0 Å². The third-order valence-corrected chi connectivity index (χ3v) is 3.32. The van der Waals surface area contributed by atoms with Gasteiger partial charge in [0, 0.05) is 12.3 Å². The maximum absolute atomic E-state index is 11.7. The van der Waals surface area contributed by atoms with Gasteiger partial charge in [0.1, 0.15) is 5.78 Å². The van der Waals surface area contributed by atoms with E-state index in [0.717, 1.165) is 19.3 Å². The van der Waals surface area contributed by atoms with Crippen LogP contribution in [-0.2, 0) is 4.79 Å². The van der Waals surface area contributed by atoms with Gasteiger partial charge in [0.15, 0.2) is 0 Å². The molecule has 2 atom stereocenters. The second-order valence-electron chi connectivity index (χ2n) is 5.02. The lowest BCUT2D eigenvalue weighted by atomic mass is 9.89. The molecule has 0 aromatic heterocycles. The molecule has 1 fully saturated rings. The monoisotopic (exact) mass is 208 g/mol. The summed E-state index contributed by atoms with van der Waals surface area (Å²) in [5.41, 5.74) is 1.36. The first-order valence-electron chi connectivity index (χ1n) is 6.33. The molecular weight excluding hydrogens is 184 g/mol. The Hall–Kier alpha value is -0.590. The molecule has 1 aliphatic carbocycles. The smallest absolute Gasteiger partial charge is 0.136 e. The van der Waals surface area contributed by atoms with Gasteiger partial charge in [-0.2, -0.15) is 0 Å². The van der Waals surface area contributed by atoms with Gasteiger partial charge < -0.3 is 0 Å². The predicted octanol–water partition coefficient (Wildman–Crippen LogP) is 4.13. The Morgan fingerprint density at radius 3 is 2.73 bits per heavy atom. The number of carbonyl (C=O) groups excluding carboxylic acids is 1. The predicted molar refractivity (Wildman–Crippen MR) is 64.8 cm³/mol. The van der Waals surface area contributed by atoms with E-state index >= 15 is 0 Å². The van der Waals surface area contributed by atoms with Crippen molar-refractivity contribution >= 4 is 5.78 Å². The summed E-state index contributed by atoms with van der Waals surface area (Å²) in [4.78, 5) is 11.7. The fourth-order valence-electron chi connectivity index (χ4n) is 2.55. The Balaban J connectivity index is 2.49. The normalized spacial score (nSPS) is 25.7. The highest BCUT2D eigenvalue weighted by atomic mass is 16.1. The van der Waals surface area contributed by atoms with Crippen molar-refractivity contribution in [2.24, 2.45) is 11.8 Å². The van der Waals surface area contributed by atoms with Crippen LogP contribution in [0.4, 0.5) is 0 Å². The number of unbranched alkanes of at least 4 members (excludes halogenated alkanes) is 2. The lowest BCUT2D eigenvalue weighted by molar-refractivity contribution is -0.121. The van der Waals surface area contributed by atoms with Crippen molar-refractivity contribution in [3.63, 3.8) is 0 Å². The molecule has 0 aromatic carbocycles. The van der Waals surface area contributed by atoms with Gasteiger partial charge in [-0.05, 0) is 32.6 Å². The number of ketones is 1.